The third kappa shape index (κ3) is 0.734. The van der Waals surface area contributed by atoms with Gasteiger partial charge in [-0.15, -0.1) is 5.73 Å². The molecule has 0 nitrogen and oxygen atoms in total. The monoisotopic (exact) mass is 79.1 g/mol. The summed E-state index contributed by atoms with van der Waals surface area (Å²) >= 11 is 0. The molecule has 1 radical (unpaired) electrons. The molecular weight excluding hydrogens is 72.1 g/mol. The summed E-state index contributed by atoms with van der Waals surface area (Å²) in [5.41, 5.74) is 2.72. The summed E-state index contributed by atoms with van der Waals surface area (Å²) in [6, 6.07) is 0. The Hall–Kier alpha value is -0.480. The maximum atomic E-state index is 3.44. The molecule has 1 fully saturated rings. The molecule has 0 aliphatic heterocycles. The lowest BCUT2D eigenvalue weighted by molar-refractivity contribution is 1.50. The molecular formula is C6H7. The fraction of sp³-hybridized carbons (Fsp3) is 0.333. The van der Waals surface area contributed by atoms with Crippen LogP contribution in [-0.2, 0) is 0 Å². The molecule has 31 valence electrons. The van der Waals surface area contributed by atoms with Gasteiger partial charge in [-0.25, -0.2) is 0 Å². The SMILES string of the molecule is C=C=C[C]1CC1. The normalized spacial score (nSPS) is 19.3. The average Bonchev–Trinajstić information content (AvgIpc) is 2.21. The van der Waals surface area contributed by atoms with Gasteiger partial charge < -0.3 is 0 Å². The molecule has 0 N–H and O–H groups in total. The largest absolute Gasteiger partial charge is 0.132 e. The molecule has 6 heavy (non-hydrogen) atoms. The van der Waals surface area contributed by atoms with Gasteiger partial charge in [-0.2, -0.15) is 0 Å². The fourth-order valence-electron chi connectivity index (χ4n) is 0.361. The quantitative estimate of drug-likeness (QED) is 0.419. The second-order valence-electron chi connectivity index (χ2n) is 1.51. The number of rotatable bonds is 1. The molecule has 0 saturated heterocycles. The van der Waals surface area contributed by atoms with Crippen molar-refractivity contribution in [1.82, 2.24) is 0 Å². The highest BCUT2D eigenvalue weighted by atomic mass is 14.2. The first-order valence-electron chi connectivity index (χ1n) is 2.14. The number of hydrogen-bond acceptors (Lipinski definition) is 0. The molecule has 1 aliphatic rings. The average molecular weight is 79.1 g/mol. The van der Waals surface area contributed by atoms with E-state index in [4.69, 9.17) is 0 Å². The van der Waals surface area contributed by atoms with E-state index in [0.29, 0.717) is 0 Å². The minimum absolute atomic E-state index is 1.28. The first-order valence-corrected chi connectivity index (χ1v) is 2.14. The van der Waals surface area contributed by atoms with E-state index in [1.165, 1.54) is 18.8 Å². The van der Waals surface area contributed by atoms with Crippen LogP contribution in [0.2, 0.25) is 0 Å². The molecule has 1 aliphatic carbocycles. The number of allylic oxidation sites excluding steroid dienone is 1. The van der Waals surface area contributed by atoms with E-state index in [1.807, 2.05) is 6.08 Å². The van der Waals surface area contributed by atoms with E-state index in [1.54, 1.807) is 0 Å². The van der Waals surface area contributed by atoms with Crippen molar-refractivity contribution in [3.63, 3.8) is 0 Å². The summed E-state index contributed by atoms with van der Waals surface area (Å²) < 4.78 is 0. The van der Waals surface area contributed by atoms with Crippen LogP contribution >= 0.6 is 0 Å². The van der Waals surface area contributed by atoms with Gasteiger partial charge in [0, 0.05) is 5.92 Å². The third-order valence-electron chi connectivity index (χ3n) is 0.845. The molecule has 1 saturated carbocycles. The maximum Gasteiger partial charge on any atom is 0.00549 e. The van der Waals surface area contributed by atoms with Gasteiger partial charge in [-0.1, -0.05) is 6.58 Å². The summed E-state index contributed by atoms with van der Waals surface area (Å²) in [6.07, 6.45) is 4.52. The smallest absolute Gasteiger partial charge is 0.00549 e. The summed E-state index contributed by atoms with van der Waals surface area (Å²) in [7, 11) is 0. The molecule has 1 rings (SSSR count). The molecule has 0 heterocycles. The Kier molecular flexibility index (Phi) is 0.813. The molecule has 0 atom stereocenters. The van der Waals surface area contributed by atoms with Crippen molar-refractivity contribution in [3.05, 3.63) is 24.3 Å². The Labute approximate surface area is 38.2 Å². The fourth-order valence-corrected chi connectivity index (χ4v) is 0.361. The van der Waals surface area contributed by atoms with Crippen LogP contribution in [0.1, 0.15) is 12.8 Å². The molecule has 0 aromatic heterocycles. The van der Waals surface area contributed by atoms with Crippen LogP contribution in [0.5, 0.6) is 0 Å². The molecule has 0 spiro atoms. The highest BCUT2D eigenvalue weighted by Crippen LogP contribution is 2.32. The van der Waals surface area contributed by atoms with Crippen molar-refractivity contribution in [3.8, 4) is 0 Å². The Morgan fingerprint density at radius 3 is 2.50 bits per heavy atom. The first kappa shape index (κ1) is 3.70. The maximum absolute atomic E-state index is 3.44. The summed E-state index contributed by atoms with van der Waals surface area (Å²) in [6.45, 7) is 3.44. The van der Waals surface area contributed by atoms with Crippen LogP contribution in [0, 0.1) is 5.92 Å². The Morgan fingerprint density at radius 2 is 2.33 bits per heavy atom. The van der Waals surface area contributed by atoms with Gasteiger partial charge in [0.1, 0.15) is 0 Å². The zero-order valence-electron chi connectivity index (χ0n) is 3.70. The van der Waals surface area contributed by atoms with Gasteiger partial charge in [0.25, 0.3) is 0 Å². The number of hydrogen-bond donors (Lipinski definition) is 0. The van der Waals surface area contributed by atoms with Crippen LogP contribution in [-0.4, -0.2) is 0 Å². The second kappa shape index (κ2) is 1.32. The van der Waals surface area contributed by atoms with Crippen LogP contribution in [0.3, 0.4) is 0 Å². The summed E-state index contributed by atoms with van der Waals surface area (Å²) in [4.78, 5) is 0. The van der Waals surface area contributed by atoms with Gasteiger partial charge in [0.05, 0.1) is 0 Å². The van der Waals surface area contributed by atoms with E-state index >= 15 is 0 Å². The van der Waals surface area contributed by atoms with Gasteiger partial charge >= 0.3 is 0 Å². The van der Waals surface area contributed by atoms with Crippen LogP contribution in [0.15, 0.2) is 18.4 Å². The zero-order valence-corrected chi connectivity index (χ0v) is 3.70. The van der Waals surface area contributed by atoms with Crippen molar-refractivity contribution < 1.29 is 0 Å². The second-order valence-corrected chi connectivity index (χ2v) is 1.51. The van der Waals surface area contributed by atoms with Gasteiger partial charge in [0.15, 0.2) is 0 Å². The van der Waals surface area contributed by atoms with Crippen LogP contribution in [0.25, 0.3) is 0 Å². The van der Waals surface area contributed by atoms with Crippen molar-refractivity contribution in [2.24, 2.45) is 0 Å². The van der Waals surface area contributed by atoms with E-state index in [2.05, 4.69) is 12.3 Å². The molecule has 0 bridgehead atoms. The Bertz CT molecular complexity index is 82.2. The van der Waals surface area contributed by atoms with Crippen molar-refractivity contribution in [2.75, 3.05) is 0 Å². The highest BCUT2D eigenvalue weighted by molar-refractivity contribution is 5.19. The summed E-state index contributed by atoms with van der Waals surface area (Å²) in [5, 5.41) is 0. The van der Waals surface area contributed by atoms with E-state index in [0.717, 1.165) is 0 Å². The minimum Gasteiger partial charge on any atom is -0.132 e. The van der Waals surface area contributed by atoms with Crippen molar-refractivity contribution >= 4 is 0 Å². The molecule has 0 aromatic carbocycles. The summed E-state index contributed by atoms with van der Waals surface area (Å²) in [5.74, 6) is 1.49. The molecule has 0 amide bonds. The molecule has 0 heteroatoms. The molecule has 0 unspecified atom stereocenters. The lowest BCUT2D eigenvalue weighted by Gasteiger charge is -1.63. The minimum atomic E-state index is 1.28. The first-order chi connectivity index (χ1) is 2.93. The van der Waals surface area contributed by atoms with Gasteiger partial charge in [0.2, 0.25) is 0 Å². The predicted octanol–water partition coefficient (Wildman–Crippen LogP) is 1.70. The third-order valence-corrected chi connectivity index (χ3v) is 0.845. The lowest BCUT2D eigenvalue weighted by atomic mass is 10.4. The highest BCUT2D eigenvalue weighted by Gasteiger charge is 2.17. The standard InChI is InChI=1S/C6H7/c1-2-3-6-4-5-6/h3H,1,4-5H2. The van der Waals surface area contributed by atoms with E-state index in [-0.39, 0.29) is 0 Å². The zero-order chi connectivity index (χ0) is 4.41. The van der Waals surface area contributed by atoms with Crippen molar-refractivity contribution in [2.45, 2.75) is 12.8 Å². The van der Waals surface area contributed by atoms with Crippen LogP contribution < -0.4 is 0 Å². The topological polar surface area (TPSA) is 0 Å². The van der Waals surface area contributed by atoms with Gasteiger partial charge in [-0.3, -0.25) is 0 Å². The lowest BCUT2D eigenvalue weighted by Crippen LogP contribution is -1.48. The van der Waals surface area contributed by atoms with Crippen molar-refractivity contribution in [1.29, 1.82) is 0 Å². The Morgan fingerprint density at radius 1 is 1.67 bits per heavy atom. The predicted molar refractivity (Wildman–Crippen MR) is 26.2 cm³/mol. The van der Waals surface area contributed by atoms with Gasteiger partial charge in [-0.05, 0) is 18.9 Å². The molecule has 0 aromatic rings. The van der Waals surface area contributed by atoms with E-state index in [9.17, 15) is 0 Å². The van der Waals surface area contributed by atoms with E-state index < -0.39 is 0 Å². The Balaban J connectivity index is 2.33. The van der Waals surface area contributed by atoms with Crippen LogP contribution in [0.4, 0.5) is 0 Å².